The number of Topliss-reactive ketones (excluding diaryl/α,β-unsaturated/α-hetero) is 1. The van der Waals surface area contributed by atoms with Crippen molar-refractivity contribution in [1.29, 1.82) is 0 Å². The fourth-order valence-electron chi connectivity index (χ4n) is 1.76. The van der Waals surface area contributed by atoms with Crippen LogP contribution in [0.2, 0.25) is 0 Å². The lowest BCUT2D eigenvalue weighted by atomic mass is 10.0. The molecule has 0 fully saturated rings. The Labute approximate surface area is 130 Å². The van der Waals surface area contributed by atoms with E-state index in [4.69, 9.17) is 5.73 Å². The van der Waals surface area contributed by atoms with Gasteiger partial charge in [-0.2, -0.15) is 0 Å². The second kappa shape index (κ2) is 8.74. The summed E-state index contributed by atoms with van der Waals surface area (Å²) in [6.45, 7) is 7.04. The minimum Gasteiger partial charge on any atom is -0.361 e. The molecule has 0 aliphatic heterocycles. The Balaban J connectivity index is 3.05. The molecule has 3 N–H and O–H groups in total. The maximum Gasteiger partial charge on any atom is 0.159 e. The van der Waals surface area contributed by atoms with Gasteiger partial charge in [-0.1, -0.05) is 30.9 Å². The number of benzene rings is 1. The van der Waals surface area contributed by atoms with Gasteiger partial charge in [-0.05, 0) is 43.2 Å². The van der Waals surface area contributed by atoms with Crippen LogP contribution in [0.1, 0.15) is 29.8 Å². The average molecular weight is 300 g/mol. The minimum absolute atomic E-state index is 0.00647. The number of rotatable bonds is 7. The maximum atomic E-state index is 13.3. The van der Waals surface area contributed by atoms with Crippen molar-refractivity contribution < 1.29 is 9.18 Å². The molecule has 0 saturated heterocycles. The Kier molecular flexibility index (Phi) is 6.99. The fraction of sp³-hybridized carbons (Fsp3) is 0.167. The first kappa shape index (κ1) is 17.6. The van der Waals surface area contributed by atoms with Crippen molar-refractivity contribution in [2.24, 2.45) is 5.73 Å². The summed E-state index contributed by atoms with van der Waals surface area (Å²) in [7, 11) is 0. The van der Waals surface area contributed by atoms with Crippen molar-refractivity contribution in [2.45, 2.75) is 13.8 Å². The molecule has 1 aromatic rings. The highest BCUT2D eigenvalue weighted by molar-refractivity contribution is 5.95. The molecule has 1 rings (SSSR count). The molecule has 0 amide bonds. The molecule has 0 aliphatic rings. The summed E-state index contributed by atoms with van der Waals surface area (Å²) in [4.78, 5) is 11.4. The van der Waals surface area contributed by atoms with Crippen LogP contribution in [-0.4, -0.2) is 12.3 Å². The molecule has 0 saturated carbocycles. The Morgan fingerprint density at radius 1 is 1.41 bits per heavy atom. The van der Waals surface area contributed by atoms with E-state index in [9.17, 15) is 9.18 Å². The van der Waals surface area contributed by atoms with E-state index in [1.807, 2.05) is 6.07 Å². The number of allylic oxidation sites excluding steroid dienone is 4. The molecule has 0 aromatic heterocycles. The Bertz CT molecular complexity index is 642. The molecular weight excluding hydrogens is 279 g/mol. The van der Waals surface area contributed by atoms with E-state index in [2.05, 4.69) is 11.9 Å². The maximum absolute atomic E-state index is 13.3. The van der Waals surface area contributed by atoms with Gasteiger partial charge >= 0.3 is 0 Å². The topological polar surface area (TPSA) is 55.1 Å². The number of nitrogens with one attached hydrogen (secondary N) is 1. The first-order valence-electron chi connectivity index (χ1n) is 6.94. The van der Waals surface area contributed by atoms with Crippen LogP contribution in [0, 0.1) is 0 Å². The summed E-state index contributed by atoms with van der Waals surface area (Å²) < 4.78 is 13.3. The zero-order valence-corrected chi connectivity index (χ0v) is 12.9. The summed E-state index contributed by atoms with van der Waals surface area (Å²) in [6, 6.07) is 7.21. The second-order valence-corrected chi connectivity index (χ2v) is 4.63. The molecule has 0 spiro atoms. The zero-order valence-electron chi connectivity index (χ0n) is 12.9. The van der Waals surface area contributed by atoms with Crippen molar-refractivity contribution >= 4 is 11.4 Å². The molecule has 0 radical (unpaired) electrons. The predicted octanol–water partition coefficient (Wildman–Crippen LogP) is 3.72. The van der Waals surface area contributed by atoms with E-state index in [-0.39, 0.29) is 18.2 Å². The third-order valence-corrected chi connectivity index (χ3v) is 3.06. The number of halogens is 1. The highest BCUT2D eigenvalue weighted by Gasteiger charge is 2.04. The highest BCUT2D eigenvalue weighted by Crippen LogP contribution is 2.15. The van der Waals surface area contributed by atoms with Crippen LogP contribution in [0.25, 0.3) is 5.57 Å². The third-order valence-electron chi connectivity index (χ3n) is 3.06. The Hall–Kier alpha value is -2.46. The van der Waals surface area contributed by atoms with Gasteiger partial charge in [-0.25, -0.2) is 4.39 Å². The minimum atomic E-state index is -0.358. The lowest BCUT2D eigenvalue weighted by Crippen LogP contribution is -2.09. The number of hydrogen-bond donors (Lipinski definition) is 2. The average Bonchev–Trinajstić information content (AvgIpc) is 2.54. The van der Waals surface area contributed by atoms with Crippen molar-refractivity contribution in [2.75, 3.05) is 6.54 Å². The monoisotopic (exact) mass is 300 g/mol. The lowest BCUT2D eigenvalue weighted by molar-refractivity contribution is 0.101. The quantitative estimate of drug-likeness (QED) is 0.596. The second-order valence-electron chi connectivity index (χ2n) is 4.63. The Morgan fingerprint density at radius 2 is 2.09 bits per heavy atom. The predicted molar refractivity (Wildman–Crippen MR) is 89.8 cm³/mol. The summed E-state index contributed by atoms with van der Waals surface area (Å²) in [5.74, 6) is -0.364. The van der Waals surface area contributed by atoms with Gasteiger partial charge in [-0.3, -0.25) is 4.79 Å². The molecule has 22 heavy (non-hydrogen) atoms. The van der Waals surface area contributed by atoms with Gasteiger partial charge in [0.25, 0.3) is 0 Å². The van der Waals surface area contributed by atoms with Gasteiger partial charge in [0.1, 0.15) is 5.83 Å². The van der Waals surface area contributed by atoms with Gasteiger partial charge < -0.3 is 11.1 Å². The molecule has 0 heterocycles. The molecule has 116 valence electrons. The molecule has 0 atom stereocenters. The normalized spacial score (nSPS) is 13.0. The van der Waals surface area contributed by atoms with E-state index in [0.29, 0.717) is 11.3 Å². The van der Waals surface area contributed by atoms with Crippen molar-refractivity contribution in [3.8, 4) is 0 Å². The van der Waals surface area contributed by atoms with Gasteiger partial charge in [-0.15, -0.1) is 0 Å². The van der Waals surface area contributed by atoms with Crippen LogP contribution in [-0.2, 0) is 0 Å². The summed E-state index contributed by atoms with van der Waals surface area (Å²) >= 11 is 0. The van der Waals surface area contributed by atoms with E-state index >= 15 is 0 Å². The van der Waals surface area contributed by atoms with E-state index in [1.54, 1.807) is 31.3 Å². The van der Waals surface area contributed by atoms with Gasteiger partial charge in [0.05, 0.1) is 0 Å². The van der Waals surface area contributed by atoms with Crippen molar-refractivity contribution in [3.63, 3.8) is 0 Å². The summed E-state index contributed by atoms with van der Waals surface area (Å²) in [6.07, 6.45) is 5.90. The molecule has 3 nitrogen and oxygen atoms in total. The van der Waals surface area contributed by atoms with Crippen LogP contribution in [0.5, 0.6) is 0 Å². The first-order chi connectivity index (χ1) is 10.5. The largest absolute Gasteiger partial charge is 0.361 e. The number of hydrogen-bond acceptors (Lipinski definition) is 3. The number of nitrogens with two attached hydrogens (primary N) is 1. The third kappa shape index (κ3) is 5.14. The molecule has 0 bridgehead atoms. The van der Waals surface area contributed by atoms with E-state index in [1.165, 1.54) is 25.2 Å². The molecule has 0 aliphatic carbocycles. The Morgan fingerprint density at radius 3 is 2.64 bits per heavy atom. The number of carbonyl (C=O) groups excluding carboxylic acids is 1. The van der Waals surface area contributed by atoms with E-state index < -0.39 is 0 Å². The van der Waals surface area contributed by atoms with Gasteiger partial charge in [0.15, 0.2) is 5.78 Å². The van der Waals surface area contributed by atoms with Crippen LogP contribution >= 0.6 is 0 Å². The van der Waals surface area contributed by atoms with E-state index in [0.717, 1.165) is 11.1 Å². The summed E-state index contributed by atoms with van der Waals surface area (Å²) in [5, 5.41) is 2.97. The fourth-order valence-corrected chi connectivity index (χ4v) is 1.76. The smallest absolute Gasteiger partial charge is 0.159 e. The van der Waals surface area contributed by atoms with Crippen LogP contribution in [0.15, 0.2) is 66.8 Å². The molecule has 0 unspecified atom stereocenters. The lowest BCUT2D eigenvalue weighted by Gasteiger charge is -2.09. The standard InChI is InChI=1S/C18H21FN2O/c1-4-17(19)10-18(5-2)21-12-16(11-20)15-8-6-7-14(9-15)13(3)22/h4-10,12,21H,2,11,20H2,1,3H3/b16-12+,17-4+,18-10+. The molecule has 4 heteroatoms. The van der Waals surface area contributed by atoms with Crippen LogP contribution in [0.4, 0.5) is 4.39 Å². The highest BCUT2D eigenvalue weighted by atomic mass is 19.1. The van der Waals surface area contributed by atoms with Crippen molar-refractivity contribution in [1.82, 2.24) is 5.32 Å². The van der Waals surface area contributed by atoms with Crippen LogP contribution in [0.3, 0.4) is 0 Å². The first-order valence-corrected chi connectivity index (χ1v) is 6.94. The van der Waals surface area contributed by atoms with Crippen LogP contribution < -0.4 is 11.1 Å². The number of ketones is 1. The molecule has 1 aromatic carbocycles. The zero-order chi connectivity index (χ0) is 16.5. The van der Waals surface area contributed by atoms with Gasteiger partial charge in [0.2, 0.25) is 0 Å². The molecular formula is C18H21FN2O. The number of carbonyl (C=O) groups is 1. The summed E-state index contributed by atoms with van der Waals surface area (Å²) in [5.41, 5.74) is 8.55. The van der Waals surface area contributed by atoms with Crippen molar-refractivity contribution in [3.05, 3.63) is 77.9 Å². The SMILES string of the molecule is C=C/C(=C\C(F)=C/C)N/C=C(\CN)c1cccc(C(C)=O)c1. The van der Waals surface area contributed by atoms with Gasteiger partial charge in [0, 0.05) is 24.0 Å².